The average molecular weight is 315 g/mol. The summed E-state index contributed by atoms with van der Waals surface area (Å²) < 4.78 is 0. The number of aryl methyl sites for hydroxylation is 1. The number of rotatable bonds is 6. The summed E-state index contributed by atoms with van der Waals surface area (Å²) in [5, 5.41) is 2.89. The normalized spacial score (nSPS) is 18.2. The van der Waals surface area contributed by atoms with Crippen molar-refractivity contribution in [3.63, 3.8) is 0 Å². The molecule has 1 aromatic rings. The number of benzene rings is 1. The Kier molecular flexibility index (Phi) is 6.81. The van der Waals surface area contributed by atoms with Gasteiger partial charge >= 0.3 is 0 Å². The summed E-state index contributed by atoms with van der Waals surface area (Å²) in [4.78, 5) is 16.9. The molecule has 1 fully saturated rings. The maximum atomic E-state index is 12.1. The van der Waals surface area contributed by atoms with Gasteiger partial charge in [0, 0.05) is 32.7 Å². The van der Waals surface area contributed by atoms with Crippen LogP contribution in [-0.2, 0) is 11.3 Å². The van der Waals surface area contributed by atoms with Crippen molar-refractivity contribution in [3.8, 4) is 0 Å². The first-order chi connectivity index (χ1) is 11.1. The second-order valence-corrected chi connectivity index (χ2v) is 6.36. The lowest BCUT2D eigenvalue weighted by Crippen LogP contribution is -2.46. The minimum Gasteiger partial charge on any atom is -0.351 e. The van der Waals surface area contributed by atoms with Crippen molar-refractivity contribution in [2.24, 2.45) is 0 Å². The van der Waals surface area contributed by atoms with Crippen LogP contribution in [0.2, 0.25) is 0 Å². The number of hydrogen-bond acceptors (Lipinski definition) is 3. The third kappa shape index (κ3) is 5.48. The second kappa shape index (κ2) is 8.85. The van der Waals surface area contributed by atoms with Gasteiger partial charge in [0.2, 0.25) is 5.91 Å². The van der Waals surface area contributed by atoms with E-state index in [1.54, 1.807) is 6.08 Å². The van der Waals surface area contributed by atoms with Gasteiger partial charge in [-0.05, 0) is 32.4 Å². The molecular formula is C19H29N3O. The molecule has 1 aromatic carbocycles. The van der Waals surface area contributed by atoms with Gasteiger partial charge in [0.25, 0.3) is 0 Å². The van der Waals surface area contributed by atoms with Gasteiger partial charge in [-0.3, -0.25) is 14.6 Å². The first-order valence-corrected chi connectivity index (χ1v) is 8.50. The van der Waals surface area contributed by atoms with Crippen molar-refractivity contribution < 1.29 is 4.79 Å². The summed E-state index contributed by atoms with van der Waals surface area (Å²) in [6, 6.07) is 8.69. The predicted octanol–water partition coefficient (Wildman–Crippen LogP) is 2.19. The fraction of sp³-hybridized carbons (Fsp3) is 0.526. The Morgan fingerprint density at radius 2 is 2.00 bits per heavy atom. The summed E-state index contributed by atoms with van der Waals surface area (Å²) in [6.07, 6.45) is 2.82. The van der Waals surface area contributed by atoms with E-state index < -0.39 is 0 Å². The molecule has 1 aliphatic heterocycles. The third-order valence-corrected chi connectivity index (χ3v) is 4.50. The Bertz CT molecular complexity index is 512. The Hall–Kier alpha value is -1.65. The zero-order valence-corrected chi connectivity index (χ0v) is 14.4. The molecule has 4 heteroatoms. The number of carbonyl (C=O) groups is 1. The molecule has 23 heavy (non-hydrogen) atoms. The lowest BCUT2D eigenvalue weighted by Gasteiger charge is -2.26. The van der Waals surface area contributed by atoms with Crippen molar-refractivity contribution in [1.82, 2.24) is 15.1 Å². The Labute approximate surface area is 140 Å². The van der Waals surface area contributed by atoms with Crippen LogP contribution < -0.4 is 5.32 Å². The maximum Gasteiger partial charge on any atom is 0.237 e. The summed E-state index contributed by atoms with van der Waals surface area (Å²) in [7, 11) is 0. The first-order valence-electron chi connectivity index (χ1n) is 8.50. The van der Waals surface area contributed by atoms with Crippen molar-refractivity contribution in [2.45, 2.75) is 32.9 Å². The SMILES string of the molecule is C=CCNC(=O)[C@@H](C)N1CCCN(Cc2ccc(C)cc2)CC1. The smallest absolute Gasteiger partial charge is 0.237 e. The van der Waals surface area contributed by atoms with Crippen LogP contribution in [0.1, 0.15) is 24.5 Å². The van der Waals surface area contributed by atoms with Gasteiger partial charge in [0.15, 0.2) is 0 Å². The molecular weight excluding hydrogens is 286 g/mol. The molecule has 1 N–H and O–H groups in total. The highest BCUT2D eigenvalue weighted by molar-refractivity contribution is 5.81. The van der Waals surface area contributed by atoms with Crippen LogP contribution in [0.25, 0.3) is 0 Å². The van der Waals surface area contributed by atoms with Crippen LogP contribution in [0, 0.1) is 6.92 Å². The van der Waals surface area contributed by atoms with Crippen LogP contribution >= 0.6 is 0 Å². The Balaban J connectivity index is 1.85. The number of hydrogen-bond donors (Lipinski definition) is 1. The van der Waals surface area contributed by atoms with E-state index in [2.05, 4.69) is 52.9 Å². The molecule has 0 unspecified atom stereocenters. The van der Waals surface area contributed by atoms with Gasteiger partial charge in [-0.15, -0.1) is 6.58 Å². The first kappa shape index (κ1) is 17.7. The number of nitrogens with zero attached hydrogens (tertiary/aromatic N) is 2. The zero-order chi connectivity index (χ0) is 16.7. The highest BCUT2D eigenvalue weighted by Gasteiger charge is 2.23. The van der Waals surface area contributed by atoms with Gasteiger partial charge in [0.05, 0.1) is 6.04 Å². The lowest BCUT2D eigenvalue weighted by molar-refractivity contribution is -0.125. The molecule has 1 amide bonds. The molecule has 1 heterocycles. The van der Waals surface area contributed by atoms with Gasteiger partial charge in [-0.2, -0.15) is 0 Å². The van der Waals surface area contributed by atoms with Crippen LogP contribution in [0.4, 0.5) is 0 Å². The van der Waals surface area contributed by atoms with E-state index in [1.807, 2.05) is 6.92 Å². The molecule has 0 radical (unpaired) electrons. The van der Waals surface area contributed by atoms with E-state index >= 15 is 0 Å². The maximum absolute atomic E-state index is 12.1. The molecule has 0 aliphatic carbocycles. The van der Waals surface area contributed by atoms with Crippen LogP contribution in [-0.4, -0.2) is 54.5 Å². The number of carbonyl (C=O) groups excluding carboxylic acids is 1. The molecule has 1 atom stereocenters. The van der Waals surface area contributed by atoms with Gasteiger partial charge < -0.3 is 5.32 Å². The molecule has 2 rings (SSSR count). The number of nitrogens with one attached hydrogen (secondary N) is 1. The van der Waals surface area contributed by atoms with Crippen molar-refractivity contribution in [3.05, 3.63) is 48.0 Å². The standard InChI is InChI=1S/C19H29N3O/c1-4-10-20-19(23)17(3)22-12-5-11-21(13-14-22)15-18-8-6-16(2)7-9-18/h4,6-9,17H,1,5,10-15H2,2-3H3,(H,20,23)/t17-/m1/s1. The molecule has 0 saturated carbocycles. The topological polar surface area (TPSA) is 35.6 Å². The lowest BCUT2D eigenvalue weighted by atomic mass is 10.1. The van der Waals surface area contributed by atoms with E-state index in [1.165, 1.54) is 11.1 Å². The van der Waals surface area contributed by atoms with Crippen LogP contribution in [0.3, 0.4) is 0 Å². The largest absolute Gasteiger partial charge is 0.351 e. The summed E-state index contributed by atoms with van der Waals surface area (Å²) >= 11 is 0. The predicted molar refractivity (Wildman–Crippen MR) is 95.3 cm³/mol. The summed E-state index contributed by atoms with van der Waals surface area (Å²) in [6.45, 7) is 13.3. The van der Waals surface area contributed by atoms with Gasteiger partial charge in [-0.1, -0.05) is 35.9 Å². The van der Waals surface area contributed by atoms with Crippen LogP contribution in [0.5, 0.6) is 0 Å². The highest BCUT2D eigenvalue weighted by Crippen LogP contribution is 2.12. The monoisotopic (exact) mass is 315 g/mol. The van der Waals surface area contributed by atoms with Crippen LogP contribution in [0.15, 0.2) is 36.9 Å². The minimum absolute atomic E-state index is 0.0747. The minimum atomic E-state index is -0.0747. The quantitative estimate of drug-likeness (QED) is 0.818. The van der Waals surface area contributed by atoms with Crippen molar-refractivity contribution in [1.29, 1.82) is 0 Å². The fourth-order valence-electron chi connectivity index (χ4n) is 2.97. The van der Waals surface area contributed by atoms with Crippen molar-refractivity contribution in [2.75, 3.05) is 32.7 Å². The molecule has 126 valence electrons. The molecule has 0 aromatic heterocycles. The second-order valence-electron chi connectivity index (χ2n) is 6.36. The van der Waals surface area contributed by atoms with E-state index in [-0.39, 0.29) is 11.9 Å². The van der Waals surface area contributed by atoms with E-state index in [0.717, 1.165) is 39.1 Å². The number of amides is 1. The fourth-order valence-corrected chi connectivity index (χ4v) is 2.97. The van der Waals surface area contributed by atoms with Gasteiger partial charge in [-0.25, -0.2) is 0 Å². The third-order valence-electron chi connectivity index (χ3n) is 4.50. The highest BCUT2D eigenvalue weighted by atomic mass is 16.2. The Morgan fingerprint density at radius 3 is 2.70 bits per heavy atom. The molecule has 0 bridgehead atoms. The summed E-state index contributed by atoms with van der Waals surface area (Å²) in [5.74, 6) is 0.0943. The van der Waals surface area contributed by atoms with E-state index in [0.29, 0.717) is 6.54 Å². The zero-order valence-electron chi connectivity index (χ0n) is 14.4. The average Bonchev–Trinajstić information content (AvgIpc) is 2.79. The van der Waals surface area contributed by atoms with Gasteiger partial charge in [0.1, 0.15) is 0 Å². The van der Waals surface area contributed by atoms with Crippen molar-refractivity contribution >= 4 is 5.91 Å². The van der Waals surface area contributed by atoms with E-state index in [4.69, 9.17) is 0 Å². The summed E-state index contributed by atoms with van der Waals surface area (Å²) in [5.41, 5.74) is 2.66. The Morgan fingerprint density at radius 1 is 1.26 bits per heavy atom. The molecule has 0 spiro atoms. The molecule has 1 aliphatic rings. The van der Waals surface area contributed by atoms with E-state index in [9.17, 15) is 4.79 Å². The molecule has 4 nitrogen and oxygen atoms in total. The molecule has 1 saturated heterocycles.